The summed E-state index contributed by atoms with van der Waals surface area (Å²) in [7, 11) is -1.87. The van der Waals surface area contributed by atoms with Crippen LogP contribution in [0.4, 0.5) is 0 Å². The Morgan fingerprint density at radius 2 is 0.880 bits per heavy atom. The number of imide groups is 2. The summed E-state index contributed by atoms with van der Waals surface area (Å²) < 4.78 is 0. The van der Waals surface area contributed by atoms with Gasteiger partial charge in [0.15, 0.2) is 0 Å². The molecule has 0 N–H and O–H groups in total. The molecule has 0 radical (unpaired) electrons. The van der Waals surface area contributed by atoms with Crippen LogP contribution in [0.1, 0.15) is 102 Å². The number of amides is 4. The highest BCUT2D eigenvalue weighted by Gasteiger charge is 2.43. The molecule has 0 bridgehead atoms. The molecule has 0 saturated heterocycles. The van der Waals surface area contributed by atoms with Crippen LogP contribution in [0.5, 0.6) is 0 Å². The van der Waals surface area contributed by atoms with E-state index in [1.54, 1.807) is 0 Å². The third kappa shape index (κ3) is 4.75. The van der Waals surface area contributed by atoms with Crippen LogP contribution in [0.3, 0.4) is 0 Å². The third-order valence-electron chi connectivity index (χ3n) is 10.7. The Labute approximate surface area is 295 Å². The van der Waals surface area contributed by atoms with Crippen LogP contribution in [0.15, 0.2) is 42.5 Å². The number of rotatable bonds is 6. The highest BCUT2D eigenvalue weighted by atomic mass is 28.3. The van der Waals surface area contributed by atoms with Gasteiger partial charge in [-0.15, -0.1) is 5.54 Å². The van der Waals surface area contributed by atoms with Gasteiger partial charge in [0.1, 0.15) is 8.07 Å². The maximum Gasteiger partial charge on any atom is 0.262 e. The largest absolute Gasteiger partial charge is 0.271 e. The summed E-state index contributed by atoms with van der Waals surface area (Å²) in [5.74, 6) is 2.65. The van der Waals surface area contributed by atoms with Gasteiger partial charge in [0.05, 0.1) is 5.56 Å². The van der Waals surface area contributed by atoms with Gasteiger partial charge in [-0.2, -0.15) is 0 Å². The molecule has 2 aliphatic heterocycles. The van der Waals surface area contributed by atoms with E-state index in [4.69, 9.17) is 0 Å². The first kappa shape index (κ1) is 33.9. The molecular formula is C43H46N2O4Si. The minimum atomic E-state index is -1.87. The first-order valence-electron chi connectivity index (χ1n) is 18.0. The quantitative estimate of drug-likeness (QED) is 0.0588. The predicted molar refractivity (Wildman–Crippen MR) is 206 cm³/mol. The van der Waals surface area contributed by atoms with E-state index in [0.717, 1.165) is 32.3 Å². The van der Waals surface area contributed by atoms with Gasteiger partial charge in [0.25, 0.3) is 23.6 Å². The highest BCUT2D eigenvalue weighted by Crippen LogP contribution is 2.48. The summed E-state index contributed by atoms with van der Waals surface area (Å²) in [6.45, 7) is 23.0. The van der Waals surface area contributed by atoms with Gasteiger partial charge in [-0.3, -0.25) is 29.0 Å². The average Bonchev–Trinajstić information content (AvgIpc) is 3.03. The van der Waals surface area contributed by atoms with E-state index in [1.807, 2.05) is 42.5 Å². The van der Waals surface area contributed by atoms with Gasteiger partial charge in [-0.25, -0.2) is 0 Å². The molecule has 0 aliphatic carbocycles. The molecule has 5 aromatic carbocycles. The number of carbonyl (C=O) groups excluding carboxylic acids is 4. The fourth-order valence-corrected chi connectivity index (χ4v) is 9.53. The lowest BCUT2D eigenvalue weighted by molar-refractivity contribution is 0.0423. The zero-order chi connectivity index (χ0) is 36.3. The molecule has 6 nitrogen and oxygen atoms in total. The lowest BCUT2D eigenvalue weighted by Crippen LogP contribution is -2.51. The van der Waals surface area contributed by atoms with Crippen molar-refractivity contribution in [3.05, 3.63) is 70.3 Å². The summed E-state index contributed by atoms with van der Waals surface area (Å²) in [6, 6.07) is 13.0. The molecule has 7 heteroatoms. The number of nitrogens with zero attached hydrogens (tertiary/aromatic N) is 2. The lowest BCUT2D eigenvalue weighted by Gasteiger charge is -2.39. The monoisotopic (exact) mass is 682 g/mol. The molecule has 0 spiro atoms. The van der Waals surface area contributed by atoms with E-state index >= 15 is 0 Å². The Kier molecular flexibility index (Phi) is 7.80. The molecule has 50 heavy (non-hydrogen) atoms. The Bertz CT molecular complexity index is 2350. The number of benzene rings is 5. The van der Waals surface area contributed by atoms with E-state index < -0.39 is 8.07 Å². The van der Waals surface area contributed by atoms with Crippen molar-refractivity contribution >= 4 is 74.8 Å². The average molecular weight is 683 g/mol. The van der Waals surface area contributed by atoms with Crippen LogP contribution in [-0.4, -0.2) is 53.6 Å². The number of carbonyl (C=O) groups is 4. The SMILES string of the molecule is CC(C)C(C(C)C)N1C(=O)c2ccc3c4ccc5c6c(c(C#C[Si](C)(C)C)cc(c7ccc(c2c37)C1=O)c64)C(=O)N(C(C(C)C)C(C)C)C5=O. The molecular weight excluding hydrogens is 637 g/mol. The molecule has 2 heterocycles. The van der Waals surface area contributed by atoms with Gasteiger partial charge in [-0.1, -0.05) is 99.2 Å². The molecule has 0 aromatic heterocycles. The molecule has 4 amide bonds. The predicted octanol–water partition coefficient (Wildman–Crippen LogP) is 9.52. The Morgan fingerprint density at radius 1 is 0.500 bits per heavy atom. The van der Waals surface area contributed by atoms with Gasteiger partial charge < -0.3 is 0 Å². The van der Waals surface area contributed by atoms with Crippen LogP contribution in [0, 0.1) is 35.1 Å². The standard InChI is InChI=1S/C43H46N2O4Si/c1-21(2)38(22(3)4)44-40(46)29-15-12-26-27-13-17-31-37-33(43(49)45(42(31)48)39(23(5)6)24(7)8)25(18-19-50(9,10)11)20-32(35(27)37)28-14-16-30(41(44)47)36(29)34(26)28/h12-17,20-24,38-39H,1-11H3. The molecule has 2 aliphatic rings. The van der Waals surface area contributed by atoms with Crippen molar-refractivity contribution < 1.29 is 19.2 Å². The minimum absolute atomic E-state index is 0.0676. The van der Waals surface area contributed by atoms with Crippen LogP contribution in [0.25, 0.3) is 43.1 Å². The molecule has 7 rings (SSSR count). The first-order chi connectivity index (χ1) is 23.5. The summed E-state index contributed by atoms with van der Waals surface area (Å²) in [4.78, 5) is 60.7. The normalized spacial score (nSPS) is 15.3. The van der Waals surface area contributed by atoms with Crippen LogP contribution in [-0.2, 0) is 0 Å². The van der Waals surface area contributed by atoms with Crippen molar-refractivity contribution in [1.82, 2.24) is 9.80 Å². The van der Waals surface area contributed by atoms with E-state index in [1.165, 1.54) is 9.80 Å². The molecule has 0 saturated carbocycles. The van der Waals surface area contributed by atoms with Crippen molar-refractivity contribution in [1.29, 1.82) is 0 Å². The van der Waals surface area contributed by atoms with E-state index in [2.05, 4.69) is 86.5 Å². The second kappa shape index (κ2) is 11.5. The highest BCUT2D eigenvalue weighted by molar-refractivity contribution is 6.83. The Hall–Kier alpha value is -4.54. The van der Waals surface area contributed by atoms with Crippen LogP contribution >= 0.6 is 0 Å². The van der Waals surface area contributed by atoms with Crippen molar-refractivity contribution in [2.75, 3.05) is 0 Å². The van der Waals surface area contributed by atoms with Crippen molar-refractivity contribution in [2.24, 2.45) is 23.7 Å². The number of hydrogen-bond acceptors (Lipinski definition) is 4. The molecule has 0 unspecified atom stereocenters. The summed E-state index contributed by atoms with van der Waals surface area (Å²) >= 11 is 0. The van der Waals surface area contributed by atoms with Crippen molar-refractivity contribution in [2.45, 2.75) is 87.1 Å². The summed E-state index contributed by atoms with van der Waals surface area (Å²) in [5, 5.41) is 6.50. The van der Waals surface area contributed by atoms with E-state index in [0.29, 0.717) is 38.6 Å². The summed E-state index contributed by atoms with van der Waals surface area (Å²) in [5.41, 5.74) is 6.14. The van der Waals surface area contributed by atoms with Crippen molar-refractivity contribution in [3.63, 3.8) is 0 Å². The zero-order valence-electron chi connectivity index (χ0n) is 31.0. The first-order valence-corrected chi connectivity index (χ1v) is 21.5. The molecule has 256 valence electrons. The van der Waals surface area contributed by atoms with Gasteiger partial charge >= 0.3 is 0 Å². The Morgan fingerprint density at radius 3 is 1.30 bits per heavy atom. The smallest absolute Gasteiger partial charge is 0.262 e. The molecule has 0 fully saturated rings. The van der Waals surface area contributed by atoms with Gasteiger partial charge in [-0.05, 0) is 80.3 Å². The third-order valence-corrected chi connectivity index (χ3v) is 11.6. The van der Waals surface area contributed by atoms with Gasteiger partial charge in [0, 0.05) is 45.1 Å². The summed E-state index contributed by atoms with van der Waals surface area (Å²) in [6.07, 6.45) is 0. The molecule has 5 aromatic rings. The minimum Gasteiger partial charge on any atom is -0.271 e. The zero-order valence-corrected chi connectivity index (χ0v) is 32.0. The second-order valence-corrected chi connectivity index (χ2v) is 21.5. The maximum absolute atomic E-state index is 14.7. The van der Waals surface area contributed by atoms with E-state index in [9.17, 15) is 19.2 Å². The van der Waals surface area contributed by atoms with Gasteiger partial charge in [0.2, 0.25) is 0 Å². The van der Waals surface area contributed by atoms with Crippen LogP contribution < -0.4 is 0 Å². The number of fused-ring (bicyclic) bond motifs is 2. The Balaban J connectivity index is 1.60. The van der Waals surface area contributed by atoms with Crippen molar-refractivity contribution in [3.8, 4) is 11.5 Å². The fraction of sp³-hybridized carbons (Fsp3) is 0.395. The maximum atomic E-state index is 14.7. The molecule has 0 atom stereocenters. The second-order valence-electron chi connectivity index (χ2n) is 16.7. The van der Waals surface area contributed by atoms with Crippen LogP contribution in [0.2, 0.25) is 19.6 Å². The lowest BCUT2D eigenvalue weighted by atomic mass is 9.79. The number of hydrogen-bond donors (Lipinski definition) is 0. The topological polar surface area (TPSA) is 74.8 Å². The van der Waals surface area contributed by atoms with E-state index in [-0.39, 0.29) is 59.4 Å². The fourth-order valence-electron chi connectivity index (χ4n) is 9.02.